The maximum absolute atomic E-state index is 14.0. The van der Waals surface area contributed by atoms with Gasteiger partial charge in [0.15, 0.2) is 17.9 Å². The first kappa shape index (κ1) is 38.8. The van der Waals surface area contributed by atoms with E-state index < -0.39 is 82.6 Å². The van der Waals surface area contributed by atoms with Gasteiger partial charge in [-0.25, -0.2) is 4.79 Å². The number of halogens is 1. The SMILES string of the molecule is CCCCCCOC(CBr)O[C@@H]1C(=O)C=C(C)[C@@H]2C[C@H]3OC(=O)C(OC(=O)CC(O)(C(C)C)C(C)C)C4C(C)[C@@H](O)[C@@]5(O)OC[C@@]43C5C12C. The van der Waals surface area contributed by atoms with Crippen LogP contribution in [0.4, 0.5) is 0 Å². The van der Waals surface area contributed by atoms with Crippen molar-refractivity contribution in [3.63, 3.8) is 0 Å². The molecule has 12 atom stereocenters. The predicted octanol–water partition coefficient (Wildman–Crippen LogP) is 4.46. The number of aliphatic hydroxyl groups is 3. The normalized spacial score (nSPS) is 40.5. The molecule has 49 heavy (non-hydrogen) atoms. The lowest BCUT2D eigenvalue weighted by Crippen LogP contribution is -2.78. The minimum Gasteiger partial charge on any atom is -0.459 e. The number of ether oxygens (including phenoxy) is 5. The Labute approximate surface area is 298 Å². The van der Waals surface area contributed by atoms with E-state index >= 15 is 0 Å². The highest BCUT2D eigenvalue weighted by Crippen LogP contribution is 2.74. The van der Waals surface area contributed by atoms with Crippen LogP contribution in [0, 0.1) is 46.3 Å². The molecule has 2 saturated carbocycles. The number of hydrogen-bond donors (Lipinski definition) is 3. The molecule has 0 aromatic rings. The van der Waals surface area contributed by atoms with Gasteiger partial charge in [0, 0.05) is 29.3 Å². The van der Waals surface area contributed by atoms with E-state index in [1.807, 2.05) is 41.5 Å². The second-order valence-electron chi connectivity index (χ2n) is 16.2. The first-order chi connectivity index (χ1) is 22.9. The monoisotopic (exact) mass is 756 g/mol. The molecule has 0 aromatic carbocycles. The number of rotatable bonds is 14. The van der Waals surface area contributed by atoms with E-state index in [4.69, 9.17) is 23.7 Å². The number of fused-ring (bicyclic) bond motifs is 1. The van der Waals surface area contributed by atoms with E-state index in [1.54, 1.807) is 13.0 Å². The molecule has 0 amide bonds. The zero-order chi connectivity index (χ0) is 36.3. The Bertz CT molecular complexity index is 1290. The minimum absolute atomic E-state index is 0.0874. The number of unbranched alkanes of at least 4 members (excludes halogenated alkanes) is 3. The van der Waals surface area contributed by atoms with Gasteiger partial charge in [0.25, 0.3) is 0 Å². The van der Waals surface area contributed by atoms with Crippen LogP contribution in [-0.2, 0) is 38.1 Å². The maximum Gasteiger partial charge on any atom is 0.348 e. The summed E-state index contributed by atoms with van der Waals surface area (Å²) in [5, 5.41) is 36.0. The van der Waals surface area contributed by atoms with Crippen molar-refractivity contribution in [2.24, 2.45) is 46.3 Å². The topological polar surface area (TPSA) is 158 Å². The van der Waals surface area contributed by atoms with E-state index in [-0.39, 0.29) is 36.6 Å². The molecule has 12 heteroatoms. The third kappa shape index (κ3) is 6.06. The van der Waals surface area contributed by atoms with E-state index in [0.717, 1.165) is 31.3 Å². The third-order valence-corrected chi connectivity index (χ3v) is 13.5. The molecule has 0 radical (unpaired) electrons. The Morgan fingerprint density at radius 3 is 2.45 bits per heavy atom. The number of ketones is 1. The highest BCUT2D eigenvalue weighted by atomic mass is 79.9. The van der Waals surface area contributed by atoms with Crippen LogP contribution in [0.2, 0.25) is 0 Å². The van der Waals surface area contributed by atoms with Crippen LogP contribution in [0.15, 0.2) is 11.6 Å². The van der Waals surface area contributed by atoms with Gasteiger partial charge in [0.05, 0.1) is 24.0 Å². The summed E-state index contributed by atoms with van der Waals surface area (Å²) in [6.45, 7) is 15.3. The summed E-state index contributed by atoms with van der Waals surface area (Å²) in [5.41, 5.74) is -2.89. The Balaban J connectivity index is 1.54. The van der Waals surface area contributed by atoms with E-state index in [0.29, 0.717) is 18.4 Å². The fraction of sp³-hybridized carbons (Fsp3) is 0.865. The Morgan fingerprint density at radius 1 is 1.16 bits per heavy atom. The standard InChI is InChI=1S/C37H57BrO11/c1-9-10-11-12-13-45-27(17-38)49-31-24(39)14-21(6)23-15-25-35-18-46-37(44,33(35)34(23,31)8)30(41)22(7)28(35)29(32(42)47-25)48-26(40)16-36(43,19(2)3)20(4)5/h14,19-20,22-23,25,27-31,33,41,43-44H,9-13,15-18H2,1-8H3/t22?,23-,25+,27?,28?,29?,30+,31+,33?,34?,35-,37+/m0/s1. The fourth-order valence-electron chi connectivity index (χ4n) is 10.4. The van der Waals surface area contributed by atoms with E-state index in [9.17, 15) is 29.7 Å². The van der Waals surface area contributed by atoms with Gasteiger partial charge in [-0.1, -0.05) is 89.2 Å². The molecule has 5 aliphatic rings. The Kier molecular flexibility index (Phi) is 11.2. The average Bonchev–Trinajstić information content (AvgIpc) is 3.32. The lowest BCUT2D eigenvalue weighted by Gasteiger charge is -2.68. The molecule has 3 aliphatic carbocycles. The number of carbonyl (C=O) groups excluding carboxylic acids is 3. The third-order valence-electron chi connectivity index (χ3n) is 13.0. The Hall–Kier alpha value is -1.41. The molecular weight excluding hydrogens is 700 g/mol. The molecule has 6 unspecified atom stereocenters. The summed E-state index contributed by atoms with van der Waals surface area (Å²) >= 11 is 3.50. The summed E-state index contributed by atoms with van der Waals surface area (Å²) in [6, 6.07) is 0. The van der Waals surface area contributed by atoms with Crippen molar-refractivity contribution < 1.29 is 53.4 Å². The summed E-state index contributed by atoms with van der Waals surface area (Å²) < 4.78 is 31.0. The van der Waals surface area contributed by atoms with Crippen molar-refractivity contribution >= 4 is 33.7 Å². The summed E-state index contributed by atoms with van der Waals surface area (Å²) in [7, 11) is 0. The lowest BCUT2D eigenvalue weighted by molar-refractivity contribution is -0.345. The summed E-state index contributed by atoms with van der Waals surface area (Å²) in [4.78, 5) is 41.4. The summed E-state index contributed by atoms with van der Waals surface area (Å²) in [6.07, 6.45) is 0.0862. The molecule has 5 rings (SSSR count). The smallest absolute Gasteiger partial charge is 0.348 e. The molecule has 11 nitrogen and oxygen atoms in total. The zero-order valence-electron chi connectivity index (χ0n) is 30.3. The van der Waals surface area contributed by atoms with Crippen LogP contribution < -0.4 is 0 Å². The van der Waals surface area contributed by atoms with Gasteiger partial charge < -0.3 is 39.0 Å². The number of alkyl halides is 1. The highest BCUT2D eigenvalue weighted by molar-refractivity contribution is 9.09. The molecule has 1 spiro atoms. The molecule has 4 fully saturated rings. The van der Waals surface area contributed by atoms with Crippen LogP contribution in [0.3, 0.4) is 0 Å². The lowest BCUT2D eigenvalue weighted by atomic mass is 9.38. The number of allylic oxidation sites excluding steroid dienone is 1. The van der Waals surface area contributed by atoms with Crippen molar-refractivity contribution in [2.45, 2.75) is 136 Å². The number of hydrogen-bond acceptors (Lipinski definition) is 11. The van der Waals surface area contributed by atoms with Gasteiger partial charge in [0.1, 0.15) is 18.3 Å². The zero-order valence-corrected chi connectivity index (χ0v) is 31.9. The van der Waals surface area contributed by atoms with E-state index in [2.05, 4.69) is 22.9 Å². The maximum atomic E-state index is 14.0. The quantitative estimate of drug-likeness (QED) is 0.0995. The van der Waals surface area contributed by atoms with Crippen molar-refractivity contribution in [1.82, 2.24) is 0 Å². The van der Waals surface area contributed by atoms with Gasteiger partial charge in [-0.05, 0) is 49.5 Å². The van der Waals surface area contributed by atoms with Crippen LogP contribution in [0.5, 0.6) is 0 Å². The molecule has 3 N–H and O–H groups in total. The molecular formula is C37H57BrO11. The van der Waals surface area contributed by atoms with Crippen molar-refractivity contribution in [2.75, 3.05) is 18.5 Å². The number of esters is 2. The number of aliphatic hydroxyl groups excluding tert-OH is 1. The molecule has 2 heterocycles. The van der Waals surface area contributed by atoms with Crippen LogP contribution in [0.1, 0.15) is 93.9 Å². The fourth-order valence-corrected chi connectivity index (χ4v) is 10.8. The molecule has 278 valence electrons. The second kappa shape index (κ2) is 14.2. The van der Waals surface area contributed by atoms with Crippen molar-refractivity contribution in [3.8, 4) is 0 Å². The Morgan fingerprint density at radius 2 is 1.84 bits per heavy atom. The molecule has 0 aromatic heterocycles. The highest BCUT2D eigenvalue weighted by Gasteiger charge is 2.83. The predicted molar refractivity (Wildman–Crippen MR) is 182 cm³/mol. The first-order valence-corrected chi connectivity index (χ1v) is 19.3. The van der Waals surface area contributed by atoms with Gasteiger partial charge in [0.2, 0.25) is 6.10 Å². The summed E-state index contributed by atoms with van der Waals surface area (Å²) in [5.74, 6) is -7.34. The van der Waals surface area contributed by atoms with E-state index in [1.165, 1.54) is 0 Å². The minimum atomic E-state index is -2.11. The largest absolute Gasteiger partial charge is 0.459 e. The van der Waals surface area contributed by atoms with Gasteiger partial charge in [-0.15, -0.1) is 0 Å². The van der Waals surface area contributed by atoms with Crippen molar-refractivity contribution in [3.05, 3.63) is 11.6 Å². The number of carbonyl (C=O) groups is 3. The van der Waals surface area contributed by atoms with Crippen molar-refractivity contribution in [1.29, 1.82) is 0 Å². The van der Waals surface area contributed by atoms with Crippen LogP contribution in [0.25, 0.3) is 0 Å². The molecule has 2 bridgehead atoms. The van der Waals surface area contributed by atoms with Crippen LogP contribution >= 0.6 is 15.9 Å². The average molecular weight is 758 g/mol. The second-order valence-corrected chi connectivity index (χ2v) is 16.9. The molecule has 2 aliphatic heterocycles. The van der Waals surface area contributed by atoms with Gasteiger partial charge >= 0.3 is 11.9 Å². The van der Waals surface area contributed by atoms with Crippen LogP contribution in [-0.4, -0.2) is 93.7 Å². The van der Waals surface area contributed by atoms with Gasteiger partial charge in [-0.2, -0.15) is 0 Å². The first-order valence-electron chi connectivity index (χ1n) is 18.2. The molecule has 2 saturated heterocycles. The van der Waals surface area contributed by atoms with Gasteiger partial charge in [-0.3, -0.25) is 9.59 Å².